The molecule has 1 unspecified atom stereocenters. The maximum atomic E-state index is 8.78. The number of aliphatic hydroxyl groups excluding tert-OH is 1. The normalized spacial score (nSPS) is 33.0. The van der Waals surface area contributed by atoms with E-state index in [0.717, 1.165) is 19.4 Å². The zero-order valence-corrected chi connectivity index (χ0v) is 6.69. The third-order valence-electron chi connectivity index (χ3n) is 2.60. The van der Waals surface area contributed by atoms with Crippen molar-refractivity contribution in [1.82, 2.24) is 5.32 Å². The second-order valence-electron chi connectivity index (χ2n) is 3.14. The molecule has 0 radical (unpaired) electrons. The second-order valence-corrected chi connectivity index (χ2v) is 3.14. The molecule has 2 heteroatoms. The second kappa shape index (κ2) is 3.35. The molecule has 1 saturated heterocycles. The molecule has 1 heterocycles. The monoisotopic (exact) mass is 143 g/mol. The van der Waals surface area contributed by atoms with Crippen molar-refractivity contribution >= 4 is 0 Å². The molecule has 1 atom stereocenters. The summed E-state index contributed by atoms with van der Waals surface area (Å²) in [7, 11) is 0. The molecule has 0 spiro atoms. The molecule has 2 nitrogen and oxygen atoms in total. The summed E-state index contributed by atoms with van der Waals surface area (Å²) in [5.41, 5.74) is 0.286. The summed E-state index contributed by atoms with van der Waals surface area (Å²) in [5, 5.41) is 12.2. The van der Waals surface area contributed by atoms with Gasteiger partial charge in [-0.25, -0.2) is 0 Å². The minimum atomic E-state index is 0.286. The summed E-state index contributed by atoms with van der Waals surface area (Å²) in [6.45, 7) is 3.64. The summed E-state index contributed by atoms with van der Waals surface area (Å²) < 4.78 is 0. The van der Waals surface area contributed by atoms with Crippen molar-refractivity contribution in [3.63, 3.8) is 0 Å². The quantitative estimate of drug-likeness (QED) is 0.615. The third kappa shape index (κ3) is 1.50. The van der Waals surface area contributed by atoms with Gasteiger partial charge in [0, 0.05) is 12.1 Å². The molecule has 60 valence electrons. The number of hydrogen-bond donors (Lipinski definition) is 2. The van der Waals surface area contributed by atoms with Crippen LogP contribution in [-0.4, -0.2) is 23.8 Å². The summed E-state index contributed by atoms with van der Waals surface area (Å²) in [4.78, 5) is 0. The van der Waals surface area contributed by atoms with E-state index in [1.807, 2.05) is 0 Å². The lowest BCUT2D eigenvalue weighted by molar-refractivity contribution is 0.219. The lowest BCUT2D eigenvalue weighted by Gasteiger charge is -2.26. The highest BCUT2D eigenvalue weighted by molar-refractivity contribution is 4.91. The van der Waals surface area contributed by atoms with Gasteiger partial charge in [0.15, 0.2) is 0 Å². The van der Waals surface area contributed by atoms with Crippen LogP contribution in [0.15, 0.2) is 0 Å². The van der Waals surface area contributed by atoms with Gasteiger partial charge in [0.25, 0.3) is 0 Å². The molecule has 0 bridgehead atoms. The number of nitrogens with one attached hydrogen (secondary N) is 1. The Morgan fingerprint density at radius 1 is 1.60 bits per heavy atom. The standard InChI is InChI=1S/C8H17NO/c1-2-8(5-7-10)4-3-6-9-8/h9-10H,2-7H2,1H3. The minimum absolute atomic E-state index is 0.286. The van der Waals surface area contributed by atoms with Gasteiger partial charge in [0.1, 0.15) is 0 Å². The molecule has 0 aromatic rings. The van der Waals surface area contributed by atoms with Gasteiger partial charge in [-0.1, -0.05) is 6.92 Å². The molecule has 2 N–H and O–H groups in total. The van der Waals surface area contributed by atoms with Crippen molar-refractivity contribution in [1.29, 1.82) is 0 Å². The van der Waals surface area contributed by atoms with Crippen LogP contribution in [0.4, 0.5) is 0 Å². The Morgan fingerprint density at radius 3 is 2.80 bits per heavy atom. The van der Waals surface area contributed by atoms with Gasteiger partial charge in [-0.2, -0.15) is 0 Å². The van der Waals surface area contributed by atoms with Gasteiger partial charge in [0.2, 0.25) is 0 Å². The molecule has 1 fully saturated rings. The van der Waals surface area contributed by atoms with Gasteiger partial charge in [-0.3, -0.25) is 0 Å². The summed E-state index contributed by atoms with van der Waals surface area (Å²) in [5.74, 6) is 0. The van der Waals surface area contributed by atoms with Crippen LogP contribution in [0.3, 0.4) is 0 Å². The van der Waals surface area contributed by atoms with E-state index in [2.05, 4.69) is 12.2 Å². The first kappa shape index (κ1) is 8.02. The number of rotatable bonds is 3. The zero-order chi connectivity index (χ0) is 7.45. The van der Waals surface area contributed by atoms with Gasteiger partial charge < -0.3 is 10.4 Å². The summed E-state index contributed by atoms with van der Waals surface area (Å²) in [6.07, 6.45) is 4.58. The first-order valence-electron chi connectivity index (χ1n) is 4.19. The fourth-order valence-corrected chi connectivity index (χ4v) is 1.77. The van der Waals surface area contributed by atoms with Crippen LogP contribution in [0.1, 0.15) is 32.6 Å². The third-order valence-corrected chi connectivity index (χ3v) is 2.60. The average Bonchev–Trinajstić information content (AvgIpc) is 2.39. The Balaban J connectivity index is 2.41. The summed E-state index contributed by atoms with van der Waals surface area (Å²) in [6, 6.07) is 0. The molecule has 0 amide bonds. The van der Waals surface area contributed by atoms with E-state index in [-0.39, 0.29) is 5.54 Å². The Morgan fingerprint density at radius 2 is 2.40 bits per heavy atom. The predicted octanol–water partition coefficient (Wildman–Crippen LogP) is 0.901. The fourth-order valence-electron chi connectivity index (χ4n) is 1.77. The van der Waals surface area contributed by atoms with Crippen LogP contribution >= 0.6 is 0 Å². The van der Waals surface area contributed by atoms with Gasteiger partial charge in [-0.05, 0) is 32.2 Å². The van der Waals surface area contributed by atoms with E-state index < -0.39 is 0 Å². The zero-order valence-electron chi connectivity index (χ0n) is 6.69. The largest absolute Gasteiger partial charge is 0.396 e. The molecule has 10 heavy (non-hydrogen) atoms. The van der Waals surface area contributed by atoms with Crippen molar-refractivity contribution < 1.29 is 5.11 Å². The van der Waals surface area contributed by atoms with Gasteiger partial charge in [-0.15, -0.1) is 0 Å². The van der Waals surface area contributed by atoms with Crippen LogP contribution in [-0.2, 0) is 0 Å². The van der Waals surface area contributed by atoms with Crippen molar-refractivity contribution in [3.05, 3.63) is 0 Å². The van der Waals surface area contributed by atoms with E-state index in [1.54, 1.807) is 0 Å². The maximum Gasteiger partial charge on any atom is 0.0448 e. The summed E-state index contributed by atoms with van der Waals surface area (Å²) >= 11 is 0. The van der Waals surface area contributed by atoms with Crippen LogP contribution in [0.5, 0.6) is 0 Å². The first-order valence-corrected chi connectivity index (χ1v) is 4.19. The van der Waals surface area contributed by atoms with E-state index in [9.17, 15) is 0 Å². The van der Waals surface area contributed by atoms with Crippen LogP contribution < -0.4 is 5.32 Å². The maximum absolute atomic E-state index is 8.78. The molecular weight excluding hydrogens is 126 g/mol. The Bertz CT molecular complexity index is 97.4. The Labute approximate surface area is 62.6 Å². The Hall–Kier alpha value is -0.0800. The van der Waals surface area contributed by atoms with Crippen molar-refractivity contribution in [2.24, 2.45) is 0 Å². The van der Waals surface area contributed by atoms with Crippen LogP contribution in [0.25, 0.3) is 0 Å². The van der Waals surface area contributed by atoms with Gasteiger partial charge in [0.05, 0.1) is 0 Å². The minimum Gasteiger partial charge on any atom is -0.396 e. The van der Waals surface area contributed by atoms with E-state index in [4.69, 9.17) is 5.11 Å². The lowest BCUT2D eigenvalue weighted by Crippen LogP contribution is -2.39. The van der Waals surface area contributed by atoms with Crippen LogP contribution in [0.2, 0.25) is 0 Å². The number of hydrogen-bond acceptors (Lipinski definition) is 2. The molecule has 0 saturated carbocycles. The smallest absolute Gasteiger partial charge is 0.0448 e. The predicted molar refractivity (Wildman–Crippen MR) is 42.0 cm³/mol. The molecule has 0 aliphatic carbocycles. The number of aliphatic hydroxyl groups is 1. The van der Waals surface area contributed by atoms with E-state index in [1.165, 1.54) is 12.8 Å². The van der Waals surface area contributed by atoms with Crippen molar-refractivity contribution in [2.45, 2.75) is 38.1 Å². The van der Waals surface area contributed by atoms with Crippen LogP contribution in [0, 0.1) is 0 Å². The van der Waals surface area contributed by atoms with E-state index >= 15 is 0 Å². The van der Waals surface area contributed by atoms with Crippen molar-refractivity contribution in [3.8, 4) is 0 Å². The molecule has 1 aliphatic rings. The molecule has 1 rings (SSSR count). The SMILES string of the molecule is CCC1(CCO)CCCN1. The topological polar surface area (TPSA) is 32.3 Å². The van der Waals surface area contributed by atoms with Crippen molar-refractivity contribution in [2.75, 3.05) is 13.2 Å². The average molecular weight is 143 g/mol. The molecular formula is C8H17NO. The highest BCUT2D eigenvalue weighted by atomic mass is 16.3. The molecule has 0 aromatic carbocycles. The molecule has 1 aliphatic heterocycles. The molecule has 0 aromatic heterocycles. The first-order chi connectivity index (χ1) is 4.83. The lowest BCUT2D eigenvalue weighted by atomic mass is 9.91. The fraction of sp³-hybridized carbons (Fsp3) is 1.00. The highest BCUT2D eigenvalue weighted by Gasteiger charge is 2.30. The van der Waals surface area contributed by atoms with Gasteiger partial charge >= 0.3 is 0 Å². The highest BCUT2D eigenvalue weighted by Crippen LogP contribution is 2.25. The van der Waals surface area contributed by atoms with E-state index in [0.29, 0.717) is 6.61 Å². The Kier molecular flexibility index (Phi) is 2.69.